The Hall–Kier alpha value is -0.850. The van der Waals surface area contributed by atoms with Crippen molar-refractivity contribution in [3.63, 3.8) is 0 Å². The van der Waals surface area contributed by atoms with E-state index in [0.29, 0.717) is 23.5 Å². The van der Waals surface area contributed by atoms with Gasteiger partial charge in [-0.25, -0.2) is 0 Å². The largest absolute Gasteiger partial charge is 0.299 e. The maximum atomic E-state index is 12.1. The highest BCUT2D eigenvalue weighted by molar-refractivity contribution is 5.94. The van der Waals surface area contributed by atoms with Crippen LogP contribution in [0.1, 0.15) is 27.2 Å². The minimum Gasteiger partial charge on any atom is -0.299 e. The van der Waals surface area contributed by atoms with E-state index in [2.05, 4.69) is 45.1 Å². The van der Waals surface area contributed by atoms with Gasteiger partial charge in [0.25, 0.3) is 0 Å². The van der Waals surface area contributed by atoms with Gasteiger partial charge in [0, 0.05) is 23.2 Å². The summed E-state index contributed by atoms with van der Waals surface area (Å²) in [5.74, 6) is 2.14. The second-order valence-corrected chi connectivity index (χ2v) is 5.83. The molecule has 1 spiro atoms. The van der Waals surface area contributed by atoms with Crippen LogP contribution in [0.4, 0.5) is 0 Å². The van der Waals surface area contributed by atoms with E-state index in [-0.39, 0.29) is 10.8 Å². The summed E-state index contributed by atoms with van der Waals surface area (Å²) in [7, 11) is 0. The lowest BCUT2D eigenvalue weighted by Crippen LogP contribution is -2.20. The average molecular weight is 202 g/mol. The number of carbonyl (C=O) groups is 1. The standard InChI is InChI=1S/C14H18O/c1-9(2)10-8-12(15)13(3)11-6-4-5-7-14(10,11)13/h4-7,9-11H,8H2,1-3H3/t10-,11?,13?,14?/m0/s1. The van der Waals surface area contributed by atoms with Crippen LogP contribution in [0.15, 0.2) is 24.3 Å². The third-order valence-corrected chi connectivity index (χ3v) is 5.14. The van der Waals surface area contributed by atoms with Crippen molar-refractivity contribution >= 4 is 5.78 Å². The smallest absolute Gasteiger partial charge is 0.140 e. The van der Waals surface area contributed by atoms with Crippen molar-refractivity contribution in [3.05, 3.63) is 24.3 Å². The summed E-state index contributed by atoms with van der Waals surface area (Å²) >= 11 is 0. The molecule has 0 aliphatic heterocycles. The molecular formula is C14H18O. The van der Waals surface area contributed by atoms with Gasteiger partial charge < -0.3 is 0 Å². The second-order valence-electron chi connectivity index (χ2n) is 5.83. The summed E-state index contributed by atoms with van der Waals surface area (Å²) in [5, 5.41) is 0. The fraction of sp³-hybridized carbons (Fsp3) is 0.643. The molecule has 2 fully saturated rings. The molecule has 4 atom stereocenters. The summed E-state index contributed by atoms with van der Waals surface area (Å²) in [4.78, 5) is 12.1. The van der Waals surface area contributed by atoms with Gasteiger partial charge in [0.05, 0.1) is 0 Å². The quantitative estimate of drug-likeness (QED) is 0.639. The van der Waals surface area contributed by atoms with Crippen molar-refractivity contribution < 1.29 is 4.79 Å². The van der Waals surface area contributed by atoms with Gasteiger partial charge in [-0.15, -0.1) is 0 Å². The monoisotopic (exact) mass is 202 g/mol. The summed E-state index contributed by atoms with van der Waals surface area (Å²) < 4.78 is 0. The molecule has 3 aliphatic carbocycles. The van der Waals surface area contributed by atoms with E-state index < -0.39 is 0 Å². The average Bonchev–Trinajstić information content (AvgIpc) is 2.70. The molecule has 15 heavy (non-hydrogen) atoms. The molecule has 0 aromatic heterocycles. The Bertz CT molecular complexity index is 390. The van der Waals surface area contributed by atoms with Crippen LogP contribution in [0, 0.1) is 28.6 Å². The molecule has 0 N–H and O–H groups in total. The van der Waals surface area contributed by atoms with Crippen LogP contribution >= 0.6 is 0 Å². The van der Waals surface area contributed by atoms with E-state index in [1.165, 1.54) is 0 Å². The Morgan fingerprint density at radius 1 is 1.40 bits per heavy atom. The number of hydrogen-bond acceptors (Lipinski definition) is 1. The number of fused-ring (bicyclic) bond motifs is 1. The van der Waals surface area contributed by atoms with E-state index in [0.717, 1.165) is 6.42 Å². The van der Waals surface area contributed by atoms with Gasteiger partial charge in [0.2, 0.25) is 0 Å². The molecule has 0 heterocycles. The zero-order chi connectivity index (χ0) is 10.8. The number of rotatable bonds is 1. The summed E-state index contributed by atoms with van der Waals surface area (Å²) in [6.07, 6.45) is 9.59. The number of Topliss-reactive ketones (excluding diaryl/α,β-unsaturated/α-hetero) is 1. The number of allylic oxidation sites excluding steroid dienone is 4. The highest BCUT2D eigenvalue weighted by Gasteiger charge is 2.81. The Morgan fingerprint density at radius 3 is 2.80 bits per heavy atom. The first-order valence-corrected chi connectivity index (χ1v) is 5.94. The summed E-state index contributed by atoms with van der Waals surface area (Å²) in [6, 6.07) is 0. The maximum Gasteiger partial charge on any atom is 0.140 e. The van der Waals surface area contributed by atoms with Crippen molar-refractivity contribution in [3.8, 4) is 0 Å². The highest BCUT2D eigenvalue weighted by atomic mass is 16.1. The van der Waals surface area contributed by atoms with Crippen LogP contribution in [0.3, 0.4) is 0 Å². The van der Waals surface area contributed by atoms with Crippen LogP contribution in [0.5, 0.6) is 0 Å². The van der Waals surface area contributed by atoms with Crippen LogP contribution in [-0.4, -0.2) is 5.78 Å². The molecule has 1 nitrogen and oxygen atoms in total. The molecule has 80 valence electrons. The third kappa shape index (κ3) is 0.768. The van der Waals surface area contributed by atoms with Gasteiger partial charge in [-0.2, -0.15) is 0 Å². The zero-order valence-corrected chi connectivity index (χ0v) is 9.66. The third-order valence-electron chi connectivity index (χ3n) is 5.14. The molecule has 0 amide bonds. The number of ketones is 1. The zero-order valence-electron chi connectivity index (χ0n) is 9.66. The van der Waals surface area contributed by atoms with Gasteiger partial charge >= 0.3 is 0 Å². The fourth-order valence-corrected chi connectivity index (χ4v) is 4.25. The van der Waals surface area contributed by atoms with E-state index >= 15 is 0 Å². The lowest BCUT2D eigenvalue weighted by atomic mass is 9.78. The summed E-state index contributed by atoms with van der Waals surface area (Å²) in [6.45, 7) is 6.67. The van der Waals surface area contributed by atoms with Gasteiger partial charge in [0.1, 0.15) is 5.78 Å². The molecule has 0 aromatic rings. The molecule has 3 aliphatic rings. The molecule has 3 rings (SSSR count). The molecule has 3 unspecified atom stereocenters. The molecule has 0 radical (unpaired) electrons. The van der Waals surface area contributed by atoms with Crippen LogP contribution in [-0.2, 0) is 4.79 Å². The van der Waals surface area contributed by atoms with Gasteiger partial charge in [-0.3, -0.25) is 4.79 Å². The molecule has 0 saturated heterocycles. The van der Waals surface area contributed by atoms with Crippen LogP contribution in [0.25, 0.3) is 0 Å². The molecule has 0 aromatic carbocycles. The highest BCUT2D eigenvalue weighted by Crippen LogP contribution is 2.80. The molecular weight excluding hydrogens is 184 g/mol. The fourth-order valence-electron chi connectivity index (χ4n) is 4.25. The topological polar surface area (TPSA) is 17.1 Å². The first-order valence-electron chi connectivity index (χ1n) is 5.94. The Labute approximate surface area is 91.2 Å². The van der Waals surface area contributed by atoms with Gasteiger partial charge in [0.15, 0.2) is 0 Å². The lowest BCUT2D eigenvalue weighted by Gasteiger charge is -2.26. The predicted octanol–water partition coefficient (Wildman–Crippen LogP) is 2.98. The van der Waals surface area contributed by atoms with E-state index in [4.69, 9.17) is 0 Å². The van der Waals surface area contributed by atoms with Gasteiger partial charge in [-0.05, 0) is 11.8 Å². The van der Waals surface area contributed by atoms with Crippen LogP contribution in [0.2, 0.25) is 0 Å². The van der Waals surface area contributed by atoms with Crippen LogP contribution < -0.4 is 0 Å². The molecule has 2 saturated carbocycles. The maximum absolute atomic E-state index is 12.1. The predicted molar refractivity (Wildman–Crippen MR) is 60.3 cm³/mol. The lowest BCUT2D eigenvalue weighted by molar-refractivity contribution is -0.123. The normalized spacial score (nSPS) is 50.8. The van der Waals surface area contributed by atoms with Gasteiger partial charge in [-0.1, -0.05) is 45.1 Å². The Balaban J connectivity index is 2.10. The minimum atomic E-state index is -0.0641. The van der Waals surface area contributed by atoms with E-state index in [1.54, 1.807) is 0 Å². The first kappa shape index (κ1) is 9.38. The SMILES string of the molecule is CC(C)[C@@H]1CC(=O)C2(C)C3C=CC=CC312. The molecule has 0 bridgehead atoms. The number of carbonyl (C=O) groups excluding carboxylic acids is 1. The van der Waals surface area contributed by atoms with Crippen molar-refractivity contribution in [2.24, 2.45) is 28.6 Å². The minimum absolute atomic E-state index is 0.0641. The van der Waals surface area contributed by atoms with Crippen molar-refractivity contribution in [1.29, 1.82) is 0 Å². The number of hydrogen-bond donors (Lipinski definition) is 0. The van der Waals surface area contributed by atoms with Crippen molar-refractivity contribution in [2.45, 2.75) is 27.2 Å². The van der Waals surface area contributed by atoms with E-state index in [9.17, 15) is 4.79 Å². The summed E-state index contributed by atoms with van der Waals surface area (Å²) in [5.41, 5.74) is 0.123. The Kier molecular flexibility index (Phi) is 1.53. The van der Waals surface area contributed by atoms with Crippen molar-refractivity contribution in [2.75, 3.05) is 0 Å². The molecule has 1 heteroatoms. The Morgan fingerprint density at radius 2 is 2.13 bits per heavy atom. The second kappa shape index (κ2) is 2.45. The first-order chi connectivity index (χ1) is 7.05. The van der Waals surface area contributed by atoms with E-state index in [1.807, 2.05) is 0 Å². The van der Waals surface area contributed by atoms with Crippen molar-refractivity contribution in [1.82, 2.24) is 0 Å².